The molecule has 2 aromatic rings. The fourth-order valence-corrected chi connectivity index (χ4v) is 10.2. The third-order valence-electron chi connectivity index (χ3n) is 13.2. The lowest BCUT2D eigenvalue weighted by Gasteiger charge is -2.38. The van der Waals surface area contributed by atoms with Crippen LogP contribution in [0.4, 0.5) is 5.69 Å². The minimum Gasteiger partial charge on any atom is -0.507 e. The van der Waals surface area contributed by atoms with Gasteiger partial charge in [0.05, 0.1) is 46.5 Å². The van der Waals surface area contributed by atoms with Gasteiger partial charge in [0.1, 0.15) is 41.2 Å². The van der Waals surface area contributed by atoms with Gasteiger partial charge in [-0.15, -0.1) is 11.8 Å². The number of aromatic hydroxyl groups is 3. The molecule has 1 saturated heterocycles. The summed E-state index contributed by atoms with van der Waals surface area (Å²) in [5.74, 6) is -10.2. The highest BCUT2D eigenvalue weighted by molar-refractivity contribution is 7.99. The normalized spacial score (nSPS) is 33.6. The van der Waals surface area contributed by atoms with Crippen LogP contribution in [0.25, 0.3) is 10.8 Å². The topological polar surface area (TPSA) is 269 Å². The van der Waals surface area contributed by atoms with Crippen LogP contribution in [0.2, 0.25) is 0 Å². The van der Waals surface area contributed by atoms with Gasteiger partial charge in [-0.25, -0.2) is 0 Å². The Labute approximate surface area is 399 Å². The first kappa shape index (κ1) is 52.2. The molecule has 0 radical (unpaired) electrons. The number of hydrogen-bond acceptors (Lipinski definition) is 17. The smallest absolute Gasteiger partial charge is 0.312 e. The quantitative estimate of drug-likeness (QED) is 0.0584. The van der Waals surface area contributed by atoms with E-state index in [0.717, 1.165) is 11.8 Å². The molecule has 4 aliphatic heterocycles. The third kappa shape index (κ3) is 10.2. The number of phenolic OH excluding ortho intramolecular Hbond substituents is 3. The molecule has 0 spiro atoms. The van der Waals surface area contributed by atoms with Gasteiger partial charge in [-0.1, -0.05) is 45.9 Å². The molecule has 2 aromatic carbocycles. The number of ketones is 1. The SMILES string of the molecule is CO[C@H]1/C=C/O[C@@]2(C)Oc3c(C)c(O)c4c(O)c(c(SCCNC(=O)C5=C[C@H]6OC(C)(C)O[C@H]6[C@H](O)C5)c(O)c4c3C2=O)NC(=O)/C(C)=C\C=C\[C@H](C)[C@H](O)[C@@H](C)[C@@H](O)[C@@H](C)[C@H](OC(C)=O)[C@@H]1C. The maximum Gasteiger partial charge on any atom is 0.312 e. The van der Waals surface area contributed by atoms with Gasteiger partial charge >= 0.3 is 11.8 Å². The number of methoxy groups -OCH3 is 1. The molecule has 2 amide bonds. The number of carbonyl (C=O) groups excluding carboxylic acids is 4. The summed E-state index contributed by atoms with van der Waals surface area (Å²) in [4.78, 5) is 54.1. The van der Waals surface area contributed by atoms with Gasteiger partial charge in [0.25, 0.3) is 11.7 Å². The summed E-state index contributed by atoms with van der Waals surface area (Å²) < 4.78 is 35.3. The molecule has 68 heavy (non-hydrogen) atoms. The van der Waals surface area contributed by atoms with Gasteiger partial charge in [0.2, 0.25) is 5.91 Å². The van der Waals surface area contributed by atoms with Crippen molar-refractivity contribution in [1.82, 2.24) is 5.32 Å². The highest BCUT2D eigenvalue weighted by Gasteiger charge is 2.50. The lowest BCUT2D eigenvalue weighted by atomic mass is 9.78. The molecule has 1 fully saturated rings. The van der Waals surface area contributed by atoms with E-state index < -0.39 is 119 Å². The number of carbonyl (C=O) groups is 4. The minimum absolute atomic E-state index is 0.0104. The van der Waals surface area contributed by atoms with Crippen LogP contribution in [0, 0.1) is 30.6 Å². The molecule has 4 heterocycles. The van der Waals surface area contributed by atoms with E-state index in [9.17, 15) is 49.8 Å². The van der Waals surface area contributed by atoms with Gasteiger partial charge in [-0.05, 0) is 39.8 Å². The number of amides is 2. The first-order valence-corrected chi connectivity index (χ1v) is 23.6. The van der Waals surface area contributed by atoms with E-state index in [1.807, 2.05) is 0 Å². The van der Waals surface area contributed by atoms with E-state index in [1.54, 1.807) is 59.8 Å². The number of aliphatic hydroxyl groups excluding tert-OH is 3. The second-order valence-corrected chi connectivity index (χ2v) is 19.8. The molecule has 5 bridgehead atoms. The van der Waals surface area contributed by atoms with Crippen LogP contribution in [0.1, 0.15) is 84.7 Å². The maximum atomic E-state index is 14.6. The molecule has 0 unspecified atom stereocenters. The van der Waals surface area contributed by atoms with Crippen LogP contribution in [0.5, 0.6) is 23.0 Å². The van der Waals surface area contributed by atoms with Crippen molar-refractivity contribution in [3.05, 3.63) is 58.9 Å². The summed E-state index contributed by atoms with van der Waals surface area (Å²) in [5.41, 5.74) is -0.117. The second kappa shape index (κ2) is 20.4. The lowest BCUT2D eigenvalue weighted by molar-refractivity contribution is -0.160. The number of Topliss-reactive ketones (excluding diaryl/α,β-unsaturated/α-hetero) is 1. The summed E-state index contributed by atoms with van der Waals surface area (Å²) in [6, 6.07) is 0. The Morgan fingerprint density at radius 2 is 1.62 bits per heavy atom. The summed E-state index contributed by atoms with van der Waals surface area (Å²) in [6.07, 6.45) is 2.66. The molecule has 5 aliphatic rings. The lowest BCUT2D eigenvalue weighted by Crippen LogP contribution is -2.46. The highest BCUT2D eigenvalue weighted by Crippen LogP contribution is 2.57. The number of phenols is 3. The Kier molecular flexibility index (Phi) is 15.7. The van der Waals surface area contributed by atoms with Crippen LogP contribution in [0.3, 0.4) is 0 Å². The number of hydrogen-bond donors (Lipinski definition) is 8. The number of aliphatic hydroxyl groups is 3. The molecule has 372 valence electrons. The molecule has 0 aromatic heterocycles. The van der Waals surface area contributed by atoms with Gasteiger partial charge in [0, 0.05) is 85.4 Å². The number of ether oxygens (including phenoxy) is 6. The first-order valence-electron chi connectivity index (χ1n) is 22.6. The van der Waals surface area contributed by atoms with Crippen molar-refractivity contribution in [2.75, 3.05) is 24.7 Å². The number of esters is 1. The third-order valence-corrected chi connectivity index (χ3v) is 14.3. The van der Waals surface area contributed by atoms with Crippen LogP contribution >= 0.6 is 11.8 Å². The minimum atomic E-state index is -2.10. The molecule has 19 heteroatoms. The average molecular weight is 969 g/mol. The van der Waals surface area contributed by atoms with Crippen molar-refractivity contribution in [3.8, 4) is 23.0 Å². The zero-order valence-corrected chi connectivity index (χ0v) is 40.9. The standard InChI is InChI=1S/C49H64N2O16S/c1-21-13-12-14-22(2)46(60)51-35-39(57)33-32(40(58)44(35)68-18-16-50-47(61)28-19-29(53)43-31(20-28)65-48(8,9)66-43)34-42(26(6)38(33)56)67-49(10,45(34)59)63-17-15-30(62-11)23(3)41(64-27(7)52)25(5)37(55)24(4)36(21)54/h12-15,17,20-21,23-25,29-31,36-37,41,43,53-58H,16,18-19H2,1-11H3,(H,50,61)(H,51,60)/b13-12+,17-15+,22-14-/t21-,23+,24+,25+,29+,30-,31+,36-,37+,41+,43-,49-/m0/s1. The van der Waals surface area contributed by atoms with Crippen LogP contribution in [0.15, 0.2) is 52.7 Å². The molecule has 1 aliphatic carbocycles. The van der Waals surface area contributed by atoms with Crippen LogP contribution < -0.4 is 15.4 Å². The number of fused-ring (bicyclic) bond motifs is 15. The fraction of sp³-hybridized carbons (Fsp3) is 0.551. The predicted molar refractivity (Wildman–Crippen MR) is 250 cm³/mol. The maximum absolute atomic E-state index is 14.6. The molecule has 8 N–H and O–H groups in total. The largest absolute Gasteiger partial charge is 0.507 e. The van der Waals surface area contributed by atoms with Crippen molar-refractivity contribution in [1.29, 1.82) is 0 Å². The van der Waals surface area contributed by atoms with Crippen molar-refractivity contribution >= 4 is 51.8 Å². The number of thioether (sulfide) groups is 1. The van der Waals surface area contributed by atoms with Crippen molar-refractivity contribution < 1.29 is 78.2 Å². The summed E-state index contributed by atoms with van der Waals surface area (Å²) in [6.45, 7) is 15.8. The first-order chi connectivity index (χ1) is 31.8. The highest BCUT2D eigenvalue weighted by atomic mass is 32.2. The van der Waals surface area contributed by atoms with Gasteiger partial charge in [0.15, 0.2) is 11.5 Å². The van der Waals surface area contributed by atoms with E-state index in [1.165, 1.54) is 53.2 Å². The Hall–Kier alpha value is -5.15. The Morgan fingerprint density at radius 3 is 2.28 bits per heavy atom. The zero-order valence-electron chi connectivity index (χ0n) is 40.1. The molecule has 12 atom stereocenters. The summed E-state index contributed by atoms with van der Waals surface area (Å²) in [7, 11) is 1.42. The van der Waals surface area contributed by atoms with Crippen molar-refractivity contribution in [2.45, 2.75) is 135 Å². The summed E-state index contributed by atoms with van der Waals surface area (Å²) >= 11 is 0.923. The van der Waals surface area contributed by atoms with E-state index in [4.69, 9.17) is 28.4 Å². The van der Waals surface area contributed by atoms with Gasteiger partial charge < -0.3 is 69.7 Å². The number of benzene rings is 2. The van der Waals surface area contributed by atoms with Gasteiger partial charge in [-0.2, -0.15) is 0 Å². The van der Waals surface area contributed by atoms with Crippen molar-refractivity contribution in [2.24, 2.45) is 23.7 Å². The molecular formula is C49H64N2O16S. The zero-order chi connectivity index (χ0) is 50.3. The van der Waals surface area contributed by atoms with E-state index in [2.05, 4.69) is 10.6 Å². The Morgan fingerprint density at radius 1 is 0.926 bits per heavy atom. The van der Waals surface area contributed by atoms with Gasteiger partial charge in [-0.3, -0.25) is 19.2 Å². The monoisotopic (exact) mass is 968 g/mol. The fourth-order valence-electron chi connectivity index (χ4n) is 9.29. The van der Waals surface area contributed by atoms with E-state index in [-0.39, 0.29) is 68.1 Å². The number of nitrogens with one attached hydrogen (secondary N) is 2. The molecule has 0 saturated carbocycles. The number of anilines is 1. The molecule has 7 rings (SSSR count). The molecular weight excluding hydrogens is 905 g/mol. The van der Waals surface area contributed by atoms with E-state index in [0.29, 0.717) is 0 Å². The number of allylic oxidation sites excluding steroid dienone is 2. The van der Waals surface area contributed by atoms with Crippen LogP contribution in [-0.2, 0) is 38.1 Å². The number of rotatable bonds is 7. The second-order valence-electron chi connectivity index (χ2n) is 18.7. The average Bonchev–Trinajstić information content (AvgIpc) is 3.75. The van der Waals surface area contributed by atoms with E-state index >= 15 is 0 Å². The Bertz CT molecular complexity index is 2450. The van der Waals surface area contributed by atoms with Crippen molar-refractivity contribution in [3.63, 3.8) is 0 Å². The molecule has 18 nitrogen and oxygen atoms in total. The predicted octanol–water partition coefficient (Wildman–Crippen LogP) is 5.17. The van der Waals surface area contributed by atoms with Crippen LogP contribution in [-0.4, -0.2) is 128 Å². The summed E-state index contributed by atoms with van der Waals surface area (Å²) in [5, 5.41) is 74.4. The Balaban J connectivity index is 1.41.